The highest BCUT2D eigenvalue weighted by Crippen LogP contribution is 2.46. The molecule has 0 aromatic rings. The Morgan fingerprint density at radius 1 is 0.778 bits per heavy atom. The van der Waals surface area contributed by atoms with Crippen LogP contribution < -0.4 is 5.73 Å². The molecule has 0 atom stereocenters. The minimum absolute atomic E-state index is 0.511. The van der Waals surface area contributed by atoms with Gasteiger partial charge in [0.05, 0.1) is 0 Å². The number of nitrogens with two attached hydrogens (primary N) is 1. The van der Waals surface area contributed by atoms with Gasteiger partial charge in [0.1, 0.15) is 0 Å². The second-order valence-corrected chi connectivity index (χ2v) is 7.39. The largest absolute Gasteiger partial charge is 0.330 e. The molecule has 0 aromatic heterocycles. The van der Waals surface area contributed by atoms with E-state index in [0.29, 0.717) is 5.41 Å². The molecule has 0 radical (unpaired) electrons. The van der Waals surface area contributed by atoms with Crippen molar-refractivity contribution in [1.82, 2.24) is 4.90 Å². The summed E-state index contributed by atoms with van der Waals surface area (Å²) in [5.41, 5.74) is 7.26. The molecule has 0 unspecified atom stereocenters. The number of likely N-dealkylation sites (tertiary alicyclic amines) is 1. The predicted molar refractivity (Wildman–Crippen MR) is 76.5 cm³/mol. The van der Waals surface area contributed by atoms with E-state index >= 15 is 0 Å². The van der Waals surface area contributed by atoms with Crippen molar-refractivity contribution >= 4 is 0 Å². The molecule has 0 amide bonds. The molecule has 104 valence electrons. The molecular weight excluding hydrogens is 220 g/mol. The Morgan fingerprint density at radius 3 is 1.94 bits per heavy atom. The zero-order chi connectivity index (χ0) is 12.5. The number of hydrogen-bond donors (Lipinski definition) is 1. The summed E-state index contributed by atoms with van der Waals surface area (Å²) < 4.78 is 0. The first-order valence-electron chi connectivity index (χ1n) is 8.19. The van der Waals surface area contributed by atoms with Crippen LogP contribution in [0.4, 0.5) is 0 Å². The van der Waals surface area contributed by atoms with Gasteiger partial charge in [-0.3, -0.25) is 0 Å². The summed E-state index contributed by atoms with van der Waals surface area (Å²) in [5, 5.41) is 0. The van der Waals surface area contributed by atoms with E-state index in [1.54, 1.807) is 0 Å². The van der Waals surface area contributed by atoms with Gasteiger partial charge >= 0.3 is 0 Å². The molecule has 1 heterocycles. The van der Waals surface area contributed by atoms with Crippen LogP contribution in [-0.2, 0) is 0 Å². The fraction of sp³-hybridized carbons (Fsp3) is 1.00. The highest BCUT2D eigenvalue weighted by Gasteiger charge is 2.40. The number of nitrogens with zero attached hydrogens (tertiary/aromatic N) is 1. The lowest BCUT2D eigenvalue weighted by Crippen LogP contribution is -2.50. The number of piperidine rings is 1. The molecule has 2 nitrogen and oxygen atoms in total. The normalized spacial score (nSPS) is 31.2. The first kappa shape index (κ1) is 12.9. The molecular formula is C16H30N2. The van der Waals surface area contributed by atoms with E-state index < -0.39 is 0 Å². The van der Waals surface area contributed by atoms with Crippen molar-refractivity contribution in [2.45, 2.75) is 64.2 Å². The van der Waals surface area contributed by atoms with Crippen molar-refractivity contribution in [3.05, 3.63) is 0 Å². The molecule has 3 rings (SSSR count). The second-order valence-electron chi connectivity index (χ2n) is 7.39. The SMILES string of the molecule is NCC1(CN2CCC3(CCCCC3)CC2)CCC1. The van der Waals surface area contributed by atoms with Crippen LogP contribution in [0.5, 0.6) is 0 Å². The first-order valence-corrected chi connectivity index (χ1v) is 8.19. The molecule has 1 aliphatic heterocycles. The maximum absolute atomic E-state index is 6.00. The van der Waals surface area contributed by atoms with Crippen LogP contribution in [0.1, 0.15) is 64.2 Å². The molecule has 2 saturated carbocycles. The van der Waals surface area contributed by atoms with Crippen LogP contribution in [-0.4, -0.2) is 31.1 Å². The fourth-order valence-corrected chi connectivity index (χ4v) is 4.57. The van der Waals surface area contributed by atoms with Crippen LogP contribution in [0, 0.1) is 10.8 Å². The Morgan fingerprint density at radius 2 is 1.44 bits per heavy atom. The average molecular weight is 250 g/mol. The summed E-state index contributed by atoms with van der Waals surface area (Å²) in [4.78, 5) is 2.73. The summed E-state index contributed by atoms with van der Waals surface area (Å²) in [6, 6.07) is 0. The Balaban J connectivity index is 1.50. The molecule has 2 aliphatic carbocycles. The summed E-state index contributed by atoms with van der Waals surface area (Å²) in [5.74, 6) is 0. The molecule has 3 aliphatic rings. The maximum atomic E-state index is 6.00. The van der Waals surface area contributed by atoms with Gasteiger partial charge < -0.3 is 10.6 Å². The molecule has 0 bridgehead atoms. The maximum Gasteiger partial charge on any atom is 0.00501 e. The zero-order valence-electron chi connectivity index (χ0n) is 11.9. The molecule has 3 fully saturated rings. The van der Waals surface area contributed by atoms with E-state index in [4.69, 9.17) is 5.73 Å². The van der Waals surface area contributed by atoms with E-state index in [-0.39, 0.29) is 0 Å². The fourth-order valence-electron chi connectivity index (χ4n) is 4.57. The highest BCUT2D eigenvalue weighted by atomic mass is 15.1. The first-order chi connectivity index (χ1) is 8.76. The zero-order valence-corrected chi connectivity index (χ0v) is 11.9. The minimum atomic E-state index is 0.511. The van der Waals surface area contributed by atoms with Gasteiger partial charge in [0, 0.05) is 6.54 Å². The summed E-state index contributed by atoms with van der Waals surface area (Å²) >= 11 is 0. The van der Waals surface area contributed by atoms with Gasteiger partial charge in [-0.25, -0.2) is 0 Å². The van der Waals surface area contributed by atoms with Crippen LogP contribution in [0.3, 0.4) is 0 Å². The van der Waals surface area contributed by atoms with Crippen LogP contribution in [0.15, 0.2) is 0 Å². The van der Waals surface area contributed by atoms with Gasteiger partial charge in [0.2, 0.25) is 0 Å². The van der Waals surface area contributed by atoms with Gasteiger partial charge in [-0.15, -0.1) is 0 Å². The van der Waals surface area contributed by atoms with E-state index in [0.717, 1.165) is 12.0 Å². The van der Waals surface area contributed by atoms with Gasteiger partial charge in [-0.2, -0.15) is 0 Å². The third kappa shape index (κ3) is 2.46. The Hall–Kier alpha value is -0.0800. The van der Waals surface area contributed by atoms with Crippen LogP contribution >= 0.6 is 0 Å². The van der Waals surface area contributed by atoms with Gasteiger partial charge in [0.25, 0.3) is 0 Å². The minimum Gasteiger partial charge on any atom is -0.330 e. The van der Waals surface area contributed by atoms with Gasteiger partial charge in [-0.1, -0.05) is 25.7 Å². The number of rotatable bonds is 3. The predicted octanol–water partition coefficient (Wildman–Crippen LogP) is 3.16. The standard InChI is InChI=1S/C16H30N2/c17-13-16(7-4-8-16)14-18-11-9-15(10-12-18)5-2-1-3-6-15/h1-14,17H2. The molecule has 0 aromatic carbocycles. The Labute approximate surface area is 112 Å². The third-order valence-electron chi connectivity index (χ3n) is 6.24. The monoisotopic (exact) mass is 250 g/mol. The lowest BCUT2D eigenvalue weighted by atomic mass is 9.66. The van der Waals surface area contributed by atoms with Gasteiger partial charge in [-0.05, 0) is 69.0 Å². The van der Waals surface area contributed by atoms with Crippen molar-refractivity contribution in [1.29, 1.82) is 0 Å². The summed E-state index contributed by atoms with van der Waals surface area (Å²) in [6.07, 6.45) is 14.6. The van der Waals surface area contributed by atoms with Crippen molar-refractivity contribution in [2.24, 2.45) is 16.6 Å². The van der Waals surface area contributed by atoms with Gasteiger partial charge in [0.15, 0.2) is 0 Å². The Kier molecular flexibility index (Phi) is 3.68. The summed E-state index contributed by atoms with van der Waals surface area (Å²) in [7, 11) is 0. The Bertz CT molecular complexity index is 261. The van der Waals surface area contributed by atoms with Crippen LogP contribution in [0.25, 0.3) is 0 Å². The third-order valence-corrected chi connectivity index (χ3v) is 6.24. The molecule has 1 saturated heterocycles. The topological polar surface area (TPSA) is 29.3 Å². The number of hydrogen-bond acceptors (Lipinski definition) is 2. The van der Waals surface area contributed by atoms with E-state index in [2.05, 4.69) is 4.90 Å². The highest BCUT2D eigenvalue weighted by molar-refractivity contribution is 4.94. The second kappa shape index (κ2) is 5.13. The van der Waals surface area contributed by atoms with Crippen molar-refractivity contribution in [3.63, 3.8) is 0 Å². The summed E-state index contributed by atoms with van der Waals surface area (Å²) in [6.45, 7) is 4.90. The average Bonchev–Trinajstić information content (AvgIpc) is 2.37. The smallest absolute Gasteiger partial charge is 0.00501 e. The van der Waals surface area contributed by atoms with Crippen molar-refractivity contribution < 1.29 is 0 Å². The molecule has 1 spiro atoms. The van der Waals surface area contributed by atoms with Crippen LogP contribution in [0.2, 0.25) is 0 Å². The lowest BCUT2D eigenvalue weighted by molar-refractivity contribution is 0.0182. The quantitative estimate of drug-likeness (QED) is 0.833. The van der Waals surface area contributed by atoms with Crippen molar-refractivity contribution in [2.75, 3.05) is 26.2 Å². The lowest BCUT2D eigenvalue weighted by Gasteiger charge is -2.49. The molecule has 18 heavy (non-hydrogen) atoms. The van der Waals surface area contributed by atoms with E-state index in [1.807, 2.05) is 0 Å². The molecule has 2 heteroatoms. The van der Waals surface area contributed by atoms with E-state index in [9.17, 15) is 0 Å². The van der Waals surface area contributed by atoms with E-state index in [1.165, 1.54) is 83.8 Å². The molecule has 2 N–H and O–H groups in total. The van der Waals surface area contributed by atoms with Crippen molar-refractivity contribution in [3.8, 4) is 0 Å².